The van der Waals surface area contributed by atoms with Crippen molar-refractivity contribution in [2.45, 2.75) is 38.5 Å². The number of rotatable bonds is 2. The van der Waals surface area contributed by atoms with Gasteiger partial charge in [0, 0.05) is 25.5 Å². The van der Waals surface area contributed by atoms with Gasteiger partial charge in [-0.15, -0.1) is 0 Å². The largest absolute Gasteiger partial charge is 0.353 e. The SMILES string of the molecule is NNc1cn2ccnc2c(N2CCC3(CCCC3)CC2)n1. The first-order valence-electron chi connectivity index (χ1n) is 7.85. The molecule has 1 saturated carbocycles. The van der Waals surface area contributed by atoms with Crippen molar-refractivity contribution in [2.24, 2.45) is 11.3 Å². The minimum atomic E-state index is 0.617. The average molecular weight is 286 g/mol. The van der Waals surface area contributed by atoms with Crippen LogP contribution in [0.15, 0.2) is 18.6 Å². The van der Waals surface area contributed by atoms with Gasteiger partial charge in [0.1, 0.15) is 0 Å². The van der Waals surface area contributed by atoms with Gasteiger partial charge in [0.25, 0.3) is 0 Å². The molecule has 1 aliphatic carbocycles. The van der Waals surface area contributed by atoms with Crippen molar-refractivity contribution in [3.8, 4) is 0 Å². The molecule has 2 aromatic rings. The summed E-state index contributed by atoms with van der Waals surface area (Å²) in [5.74, 6) is 7.16. The van der Waals surface area contributed by atoms with Gasteiger partial charge in [0.2, 0.25) is 0 Å². The molecule has 0 bridgehead atoms. The minimum absolute atomic E-state index is 0.617. The quantitative estimate of drug-likeness (QED) is 0.654. The van der Waals surface area contributed by atoms with Crippen LogP contribution in [0.1, 0.15) is 38.5 Å². The molecule has 1 spiro atoms. The van der Waals surface area contributed by atoms with Crippen molar-refractivity contribution in [3.63, 3.8) is 0 Å². The van der Waals surface area contributed by atoms with Crippen molar-refractivity contribution in [3.05, 3.63) is 18.6 Å². The highest BCUT2D eigenvalue weighted by molar-refractivity contribution is 5.66. The van der Waals surface area contributed by atoms with Crippen LogP contribution in [0.4, 0.5) is 11.6 Å². The van der Waals surface area contributed by atoms with Crippen LogP contribution in [0.5, 0.6) is 0 Å². The Bertz CT molecular complexity index is 633. The number of hydrazine groups is 1. The molecule has 6 nitrogen and oxygen atoms in total. The normalized spacial score (nSPS) is 21.3. The molecule has 21 heavy (non-hydrogen) atoms. The van der Waals surface area contributed by atoms with Crippen molar-refractivity contribution in [1.82, 2.24) is 14.4 Å². The van der Waals surface area contributed by atoms with E-state index in [0.29, 0.717) is 11.2 Å². The summed E-state index contributed by atoms with van der Waals surface area (Å²) in [5.41, 5.74) is 4.18. The van der Waals surface area contributed by atoms with Gasteiger partial charge < -0.3 is 14.7 Å². The zero-order chi connectivity index (χ0) is 14.3. The second kappa shape index (κ2) is 4.87. The van der Waals surface area contributed by atoms with E-state index in [1.54, 1.807) is 0 Å². The number of nitrogen functional groups attached to an aromatic ring is 1. The van der Waals surface area contributed by atoms with Gasteiger partial charge in [0.15, 0.2) is 17.3 Å². The van der Waals surface area contributed by atoms with Gasteiger partial charge >= 0.3 is 0 Å². The molecule has 2 aliphatic rings. The summed E-state index contributed by atoms with van der Waals surface area (Å²) >= 11 is 0. The Morgan fingerprint density at radius 3 is 2.62 bits per heavy atom. The summed E-state index contributed by atoms with van der Waals surface area (Å²) in [6.07, 6.45) is 13.8. The molecule has 112 valence electrons. The average Bonchev–Trinajstić information content (AvgIpc) is 3.16. The summed E-state index contributed by atoms with van der Waals surface area (Å²) in [6, 6.07) is 0. The first kappa shape index (κ1) is 12.9. The first-order chi connectivity index (χ1) is 10.3. The number of fused-ring (bicyclic) bond motifs is 1. The Morgan fingerprint density at radius 1 is 1.14 bits per heavy atom. The topological polar surface area (TPSA) is 71.5 Å². The van der Waals surface area contributed by atoms with Crippen LogP contribution in [-0.2, 0) is 0 Å². The van der Waals surface area contributed by atoms with Crippen molar-refractivity contribution in [1.29, 1.82) is 0 Å². The highest BCUT2D eigenvalue weighted by Gasteiger charge is 2.37. The maximum atomic E-state index is 5.54. The third-order valence-electron chi connectivity index (χ3n) is 5.29. The third kappa shape index (κ3) is 2.14. The standard InChI is InChI=1S/C15H22N6/c16-19-12-11-21-10-7-17-13(21)14(18-12)20-8-5-15(6-9-20)3-1-2-4-15/h7,10-11,19H,1-6,8-9,16H2. The van der Waals surface area contributed by atoms with Crippen molar-refractivity contribution < 1.29 is 0 Å². The van der Waals surface area contributed by atoms with Crippen LogP contribution in [0.25, 0.3) is 5.65 Å². The fourth-order valence-electron chi connectivity index (χ4n) is 4.01. The molecule has 0 radical (unpaired) electrons. The van der Waals surface area contributed by atoms with E-state index in [0.717, 1.165) is 24.6 Å². The van der Waals surface area contributed by atoms with Gasteiger partial charge in [-0.2, -0.15) is 0 Å². The predicted octanol–water partition coefficient (Wildman–Crippen LogP) is 2.18. The predicted molar refractivity (Wildman–Crippen MR) is 83.1 cm³/mol. The van der Waals surface area contributed by atoms with Gasteiger partial charge in [0.05, 0.1) is 6.20 Å². The molecule has 6 heteroatoms. The van der Waals surface area contributed by atoms with E-state index >= 15 is 0 Å². The molecule has 4 rings (SSSR count). The van der Waals surface area contributed by atoms with Crippen LogP contribution in [0.3, 0.4) is 0 Å². The summed E-state index contributed by atoms with van der Waals surface area (Å²) in [7, 11) is 0. The van der Waals surface area contributed by atoms with E-state index in [-0.39, 0.29) is 0 Å². The number of anilines is 2. The molecule has 1 saturated heterocycles. The Balaban J connectivity index is 1.63. The summed E-state index contributed by atoms with van der Waals surface area (Å²) in [5, 5.41) is 0. The number of imidazole rings is 1. The lowest BCUT2D eigenvalue weighted by atomic mass is 9.77. The first-order valence-corrected chi connectivity index (χ1v) is 7.85. The van der Waals surface area contributed by atoms with E-state index in [1.807, 2.05) is 23.0 Å². The summed E-state index contributed by atoms with van der Waals surface area (Å²) in [6.45, 7) is 2.15. The number of nitrogens with one attached hydrogen (secondary N) is 1. The Hall–Kier alpha value is -1.82. The maximum absolute atomic E-state index is 5.54. The van der Waals surface area contributed by atoms with Gasteiger partial charge in [-0.25, -0.2) is 15.8 Å². The zero-order valence-electron chi connectivity index (χ0n) is 12.3. The number of hydrogen-bond donors (Lipinski definition) is 2. The smallest absolute Gasteiger partial charge is 0.180 e. The highest BCUT2D eigenvalue weighted by atomic mass is 15.3. The molecule has 1 aliphatic heterocycles. The number of nitrogens with zero attached hydrogens (tertiary/aromatic N) is 4. The molecule has 3 heterocycles. The van der Waals surface area contributed by atoms with Crippen molar-refractivity contribution >= 4 is 17.3 Å². The van der Waals surface area contributed by atoms with E-state index in [9.17, 15) is 0 Å². The second-order valence-electron chi connectivity index (χ2n) is 6.45. The van der Waals surface area contributed by atoms with Crippen LogP contribution in [-0.4, -0.2) is 27.5 Å². The number of hydrogen-bond acceptors (Lipinski definition) is 5. The lowest BCUT2D eigenvalue weighted by molar-refractivity contribution is 0.226. The molecule has 0 amide bonds. The van der Waals surface area contributed by atoms with E-state index in [2.05, 4.69) is 20.3 Å². The third-order valence-corrected chi connectivity index (χ3v) is 5.29. The monoisotopic (exact) mass is 286 g/mol. The van der Waals surface area contributed by atoms with E-state index < -0.39 is 0 Å². The van der Waals surface area contributed by atoms with Crippen LogP contribution >= 0.6 is 0 Å². The Labute approximate surface area is 124 Å². The molecule has 3 N–H and O–H groups in total. The van der Waals surface area contributed by atoms with Gasteiger partial charge in [-0.05, 0) is 31.1 Å². The second-order valence-corrected chi connectivity index (χ2v) is 6.45. The molecule has 2 fully saturated rings. The fourth-order valence-corrected chi connectivity index (χ4v) is 4.01. The molecule has 2 aromatic heterocycles. The summed E-state index contributed by atoms with van der Waals surface area (Å²) < 4.78 is 1.98. The zero-order valence-corrected chi connectivity index (χ0v) is 12.3. The molecular formula is C15H22N6. The summed E-state index contributed by atoms with van der Waals surface area (Å²) in [4.78, 5) is 11.5. The lowest BCUT2D eigenvalue weighted by Gasteiger charge is -2.40. The van der Waals surface area contributed by atoms with Crippen LogP contribution < -0.4 is 16.2 Å². The van der Waals surface area contributed by atoms with Gasteiger partial charge in [-0.1, -0.05) is 12.8 Å². The fraction of sp³-hybridized carbons (Fsp3) is 0.600. The molecule has 0 aromatic carbocycles. The molecule has 0 atom stereocenters. The molecule has 0 unspecified atom stereocenters. The Kier molecular flexibility index (Phi) is 2.99. The minimum Gasteiger partial charge on any atom is -0.353 e. The van der Waals surface area contributed by atoms with E-state index in [4.69, 9.17) is 5.84 Å². The van der Waals surface area contributed by atoms with Crippen molar-refractivity contribution in [2.75, 3.05) is 23.4 Å². The number of aromatic nitrogens is 3. The van der Waals surface area contributed by atoms with Gasteiger partial charge in [-0.3, -0.25) is 0 Å². The number of nitrogens with two attached hydrogens (primary N) is 1. The molecular weight excluding hydrogens is 264 g/mol. The number of piperidine rings is 1. The van der Waals surface area contributed by atoms with E-state index in [1.165, 1.54) is 38.5 Å². The maximum Gasteiger partial charge on any atom is 0.180 e. The highest BCUT2D eigenvalue weighted by Crippen LogP contribution is 2.46. The Morgan fingerprint density at radius 2 is 1.90 bits per heavy atom. The van der Waals surface area contributed by atoms with Crippen LogP contribution in [0.2, 0.25) is 0 Å². The lowest BCUT2D eigenvalue weighted by Crippen LogP contribution is -2.39. The van der Waals surface area contributed by atoms with Crippen LogP contribution in [0, 0.1) is 5.41 Å².